The van der Waals surface area contributed by atoms with Gasteiger partial charge < -0.3 is 16.2 Å². The second-order valence-corrected chi connectivity index (χ2v) is 10.3. The number of hydrogen-bond acceptors (Lipinski definition) is 4. The van der Waals surface area contributed by atoms with Gasteiger partial charge in [0.25, 0.3) is 5.91 Å². The van der Waals surface area contributed by atoms with Crippen molar-refractivity contribution >= 4 is 34.1 Å². The van der Waals surface area contributed by atoms with Crippen molar-refractivity contribution in [2.45, 2.75) is 72.1 Å². The van der Waals surface area contributed by atoms with E-state index in [0.717, 1.165) is 49.0 Å². The number of aliphatic carboxylic acids is 1. The smallest absolute Gasteiger partial charge is 0.307 e. The highest BCUT2D eigenvalue weighted by atomic mass is 32.1. The summed E-state index contributed by atoms with van der Waals surface area (Å²) in [5.41, 5.74) is 7.30. The zero-order valence-electron chi connectivity index (χ0n) is 17.5. The lowest BCUT2D eigenvalue weighted by Gasteiger charge is -2.36. The van der Waals surface area contributed by atoms with E-state index < -0.39 is 23.7 Å². The van der Waals surface area contributed by atoms with Crippen molar-refractivity contribution in [1.29, 1.82) is 0 Å². The number of fused-ring (bicyclic) bond motifs is 1. The van der Waals surface area contributed by atoms with Crippen LogP contribution in [0.4, 0.5) is 5.00 Å². The number of anilines is 1. The van der Waals surface area contributed by atoms with Crippen molar-refractivity contribution in [3.05, 3.63) is 16.0 Å². The summed E-state index contributed by atoms with van der Waals surface area (Å²) in [6, 6.07) is 0. The van der Waals surface area contributed by atoms with E-state index in [2.05, 4.69) is 26.1 Å². The van der Waals surface area contributed by atoms with Gasteiger partial charge in [-0.1, -0.05) is 40.0 Å². The highest BCUT2D eigenvalue weighted by Gasteiger charge is 2.38. The van der Waals surface area contributed by atoms with E-state index in [9.17, 15) is 19.5 Å². The first-order chi connectivity index (χ1) is 13.7. The molecule has 29 heavy (non-hydrogen) atoms. The summed E-state index contributed by atoms with van der Waals surface area (Å²) < 4.78 is 0. The van der Waals surface area contributed by atoms with Crippen LogP contribution in [-0.2, 0) is 22.4 Å². The predicted octanol–water partition coefficient (Wildman–Crippen LogP) is 4.22. The average molecular weight is 421 g/mol. The molecule has 1 aromatic rings. The molecule has 1 saturated carbocycles. The number of thiophene rings is 1. The van der Waals surface area contributed by atoms with E-state index in [4.69, 9.17) is 5.73 Å². The molecule has 2 amide bonds. The topological polar surface area (TPSA) is 109 Å². The number of carboxylic acid groups (broad SMARTS) is 1. The van der Waals surface area contributed by atoms with Crippen LogP contribution < -0.4 is 11.1 Å². The number of nitrogens with one attached hydrogen (secondary N) is 1. The van der Waals surface area contributed by atoms with Gasteiger partial charge in [-0.05, 0) is 49.0 Å². The summed E-state index contributed by atoms with van der Waals surface area (Å²) in [4.78, 5) is 37.8. The van der Waals surface area contributed by atoms with Crippen molar-refractivity contribution in [2.75, 3.05) is 5.32 Å². The van der Waals surface area contributed by atoms with Crippen molar-refractivity contribution in [1.82, 2.24) is 0 Å². The van der Waals surface area contributed by atoms with Gasteiger partial charge in [-0.25, -0.2) is 0 Å². The molecular formula is C22H32N2O4S. The Morgan fingerprint density at radius 2 is 1.83 bits per heavy atom. The summed E-state index contributed by atoms with van der Waals surface area (Å²) in [5.74, 6) is -2.45. The van der Waals surface area contributed by atoms with Crippen LogP contribution in [0.2, 0.25) is 0 Å². The maximum Gasteiger partial charge on any atom is 0.307 e. The zero-order valence-corrected chi connectivity index (χ0v) is 18.4. The van der Waals surface area contributed by atoms with Gasteiger partial charge in [-0.15, -0.1) is 11.3 Å². The number of hydrogen-bond donors (Lipinski definition) is 3. The molecule has 0 bridgehead atoms. The van der Waals surface area contributed by atoms with Crippen LogP contribution >= 0.6 is 11.3 Å². The van der Waals surface area contributed by atoms with Crippen LogP contribution in [0.1, 0.15) is 80.1 Å². The SMILES string of the molecule is CCC(C)(C)[C@@H]1CCc2c(sc(NC(=O)[C@@H]3CCCC[C@@H]3C(=O)O)c2C(N)=O)C1. The molecular weight excluding hydrogens is 388 g/mol. The largest absolute Gasteiger partial charge is 0.481 e. The summed E-state index contributed by atoms with van der Waals surface area (Å²) in [6.45, 7) is 6.76. The first-order valence-electron chi connectivity index (χ1n) is 10.6. The second-order valence-electron chi connectivity index (χ2n) is 9.18. The lowest BCUT2D eigenvalue weighted by atomic mass is 9.69. The molecule has 0 radical (unpaired) electrons. The maximum atomic E-state index is 12.9. The second kappa shape index (κ2) is 8.46. The highest BCUT2D eigenvalue weighted by Crippen LogP contribution is 2.45. The van der Waals surface area contributed by atoms with Crippen LogP contribution in [0.5, 0.6) is 0 Å². The van der Waals surface area contributed by atoms with Crippen molar-refractivity contribution in [3.8, 4) is 0 Å². The number of carboxylic acids is 1. The van der Waals surface area contributed by atoms with Gasteiger partial charge in [0.15, 0.2) is 0 Å². The minimum absolute atomic E-state index is 0.217. The number of carbonyl (C=O) groups excluding carboxylic acids is 2. The van der Waals surface area contributed by atoms with Gasteiger partial charge >= 0.3 is 5.97 Å². The molecule has 2 aliphatic carbocycles. The predicted molar refractivity (Wildman–Crippen MR) is 114 cm³/mol. The number of carbonyl (C=O) groups is 3. The molecule has 0 aliphatic heterocycles. The number of amides is 2. The Labute approximate surface area is 176 Å². The molecule has 0 spiro atoms. The Morgan fingerprint density at radius 3 is 2.41 bits per heavy atom. The lowest BCUT2D eigenvalue weighted by Crippen LogP contribution is -2.36. The highest BCUT2D eigenvalue weighted by molar-refractivity contribution is 7.17. The first kappa shape index (κ1) is 21.8. The van der Waals surface area contributed by atoms with Gasteiger partial charge in [-0.3, -0.25) is 14.4 Å². The molecule has 3 atom stereocenters. The molecule has 4 N–H and O–H groups in total. The summed E-state index contributed by atoms with van der Waals surface area (Å²) in [7, 11) is 0. The van der Waals surface area contributed by atoms with Crippen molar-refractivity contribution in [3.63, 3.8) is 0 Å². The number of rotatable bonds is 6. The van der Waals surface area contributed by atoms with Crippen LogP contribution in [0.25, 0.3) is 0 Å². The van der Waals surface area contributed by atoms with E-state index in [1.54, 1.807) is 0 Å². The summed E-state index contributed by atoms with van der Waals surface area (Å²) >= 11 is 1.44. The van der Waals surface area contributed by atoms with E-state index >= 15 is 0 Å². The minimum Gasteiger partial charge on any atom is -0.481 e. The van der Waals surface area contributed by atoms with Gasteiger partial charge in [0, 0.05) is 4.88 Å². The molecule has 3 rings (SSSR count). The normalized spacial score (nSPS) is 24.6. The Hall–Kier alpha value is -1.89. The molecule has 7 heteroatoms. The van der Waals surface area contributed by atoms with Gasteiger partial charge in [0.1, 0.15) is 5.00 Å². The molecule has 6 nitrogen and oxygen atoms in total. The third-order valence-corrected chi connectivity index (χ3v) is 8.35. The third-order valence-electron chi connectivity index (χ3n) is 7.18. The molecule has 0 unspecified atom stereocenters. The number of primary amides is 1. The molecule has 1 heterocycles. The molecule has 0 aromatic carbocycles. The monoisotopic (exact) mass is 420 g/mol. The quantitative estimate of drug-likeness (QED) is 0.640. The summed E-state index contributed by atoms with van der Waals surface area (Å²) in [5, 5.41) is 12.9. The molecule has 1 aromatic heterocycles. The van der Waals surface area contributed by atoms with Crippen LogP contribution in [0.15, 0.2) is 0 Å². The average Bonchev–Trinajstić information content (AvgIpc) is 3.04. The fraction of sp³-hybridized carbons (Fsp3) is 0.682. The van der Waals surface area contributed by atoms with Crippen molar-refractivity contribution in [2.24, 2.45) is 28.9 Å². The molecule has 160 valence electrons. The Balaban J connectivity index is 1.86. The fourth-order valence-corrected chi connectivity index (χ4v) is 6.17. The van der Waals surface area contributed by atoms with Crippen LogP contribution in [0, 0.1) is 23.2 Å². The van der Waals surface area contributed by atoms with E-state index in [0.29, 0.717) is 29.3 Å². The minimum atomic E-state index is -0.921. The van der Waals surface area contributed by atoms with E-state index in [-0.39, 0.29) is 11.3 Å². The van der Waals surface area contributed by atoms with Crippen LogP contribution in [-0.4, -0.2) is 22.9 Å². The summed E-state index contributed by atoms with van der Waals surface area (Å²) in [6.07, 6.45) is 6.52. The lowest BCUT2D eigenvalue weighted by molar-refractivity contribution is -0.147. The first-order valence-corrected chi connectivity index (χ1v) is 11.4. The van der Waals surface area contributed by atoms with E-state index in [1.807, 2.05) is 0 Å². The van der Waals surface area contributed by atoms with Gasteiger partial charge in [0.2, 0.25) is 5.91 Å². The molecule has 0 saturated heterocycles. The van der Waals surface area contributed by atoms with Gasteiger partial charge in [-0.2, -0.15) is 0 Å². The zero-order chi connectivity index (χ0) is 21.3. The third kappa shape index (κ3) is 4.34. The Bertz CT molecular complexity index is 814. The Morgan fingerprint density at radius 1 is 1.17 bits per heavy atom. The molecule has 1 fully saturated rings. The fourth-order valence-electron chi connectivity index (χ4n) is 4.84. The Kier molecular flexibility index (Phi) is 6.36. The standard InChI is InChI=1S/C22H32N2O4S/c1-4-22(2,3)12-9-10-15-16(11-12)29-20(17(15)18(23)25)24-19(26)13-7-5-6-8-14(13)21(27)28/h12-14H,4-11H2,1-3H3,(H2,23,25)(H,24,26)(H,27,28)/t12-,13-,14+/m1/s1. The molecule has 2 aliphatic rings. The van der Waals surface area contributed by atoms with Crippen LogP contribution in [0.3, 0.4) is 0 Å². The maximum absolute atomic E-state index is 12.9. The number of nitrogens with two attached hydrogens (primary N) is 1. The van der Waals surface area contributed by atoms with Crippen molar-refractivity contribution < 1.29 is 19.5 Å². The van der Waals surface area contributed by atoms with E-state index in [1.165, 1.54) is 11.3 Å². The van der Waals surface area contributed by atoms with Gasteiger partial charge in [0.05, 0.1) is 17.4 Å².